The van der Waals surface area contributed by atoms with Crippen molar-refractivity contribution in [3.8, 4) is 0 Å². The molecule has 0 aromatic heterocycles. The molecule has 0 fully saturated rings. The van der Waals surface area contributed by atoms with Gasteiger partial charge < -0.3 is 10.6 Å². The van der Waals surface area contributed by atoms with E-state index in [-0.39, 0.29) is 23.2 Å². The van der Waals surface area contributed by atoms with Crippen molar-refractivity contribution >= 4 is 33.0 Å². The highest BCUT2D eigenvalue weighted by Gasteiger charge is 2.41. The summed E-state index contributed by atoms with van der Waals surface area (Å²) in [6, 6.07) is 0. The summed E-state index contributed by atoms with van der Waals surface area (Å²) >= 11 is 5.13. The summed E-state index contributed by atoms with van der Waals surface area (Å²) in [4.78, 5) is 14.3. The molecular weight excluding hydrogens is 296 g/mol. The second-order valence-electron chi connectivity index (χ2n) is 5.30. The molecule has 5 nitrogen and oxygen atoms in total. The van der Waals surface area contributed by atoms with Gasteiger partial charge in [0, 0.05) is 19.8 Å². The SMILES string of the molecule is CCCC(CCC)(C(=O)N(C)CCS(C)(=O)=O)C(N)=S. The molecule has 1 amide bonds. The van der Waals surface area contributed by atoms with Crippen LogP contribution in [0.25, 0.3) is 0 Å². The second kappa shape index (κ2) is 7.93. The van der Waals surface area contributed by atoms with Crippen LogP contribution in [0.2, 0.25) is 0 Å². The Morgan fingerprint density at radius 3 is 2.00 bits per heavy atom. The number of rotatable bonds is 9. The number of hydrogen-bond donors (Lipinski definition) is 1. The second-order valence-corrected chi connectivity index (χ2v) is 8.00. The fraction of sp³-hybridized carbons (Fsp3) is 0.846. The van der Waals surface area contributed by atoms with E-state index in [4.69, 9.17) is 18.0 Å². The number of carbonyl (C=O) groups excluding carboxylic acids is 1. The number of nitrogens with zero attached hydrogens (tertiary/aromatic N) is 1. The molecule has 7 heteroatoms. The Morgan fingerprint density at radius 1 is 1.25 bits per heavy atom. The molecule has 0 atom stereocenters. The van der Waals surface area contributed by atoms with Crippen molar-refractivity contribution < 1.29 is 13.2 Å². The Kier molecular flexibility index (Phi) is 7.65. The maximum Gasteiger partial charge on any atom is 0.235 e. The molecule has 0 aromatic carbocycles. The van der Waals surface area contributed by atoms with Crippen molar-refractivity contribution in [2.24, 2.45) is 11.1 Å². The zero-order valence-corrected chi connectivity index (χ0v) is 14.4. The maximum atomic E-state index is 12.7. The minimum Gasteiger partial charge on any atom is -0.392 e. The first-order chi connectivity index (χ1) is 9.10. The van der Waals surface area contributed by atoms with Gasteiger partial charge in [0.05, 0.1) is 16.2 Å². The zero-order chi connectivity index (χ0) is 16.0. The van der Waals surface area contributed by atoms with Crippen molar-refractivity contribution in [1.82, 2.24) is 4.90 Å². The van der Waals surface area contributed by atoms with Crippen LogP contribution in [0.3, 0.4) is 0 Å². The summed E-state index contributed by atoms with van der Waals surface area (Å²) in [6.07, 6.45) is 3.94. The zero-order valence-electron chi connectivity index (χ0n) is 12.8. The number of amides is 1. The highest BCUT2D eigenvalue weighted by molar-refractivity contribution is 7.90. The molecule has 0 radical (unpaired) electrons. The summed E-state index contributed by atoms with van der Waals surface area (Å²) in [5.41, 5.74) is 4.99. The van der Waals surface area contributed by atoms with Crippen LogP contribution in [-0.2, 0) is 14.6 Å². The largest absolute Gasteiger partial charge is 0.392 e. The molecule has 0 aromatic rings. The standard InChI is InChI=1S/C13H26N2O3S2/c1-5-7-13(8-6-2,11(14)19)12(16)15(3)9-10-20(4,17)18/h5-10H2,1-4H3,(H2,14,19). The minimum atomic E-state index is -3.10. The molecule has 0 saturated carbocycles. The van der Waals surface area contributed by atoms with Gasteiger partial charge in [-0.1, -0.05) is 38.9 Å². The lowest BCUT2D eigenvalue weighted by molar-refractivity contribution is -0.137. The average molecular weight is 322 g/mol. The summed E-state index contributed by atoms with van der Waals surface area (Å²) in [5.74, 6) is -0.224. The lowest BCUT2D eigenvalue weighted by Crippen LogP contribution is -2.50. The number of sulfone groups is 1. The summed E-state index contributed by atoms with van der Waals surface area (Å²) in [5, 5.41) is 0. The van der Waals surface area contributed by atoms with Crippen molar-refractivity contribution in [2.45, 2.75) is 39.5 Å². The first kappa shape index (κ1) is 19.3. The summed E-state index contributed by atoms with van der Waals surface area (Å²) in [7, 11) is -1.50. The lowest BCUT2D eigenvalue weighted by Gasteiger charge is -2.34. The van der Waals surface area contributed by atoms with Crippen molar-refractivity contribution in [2.75, 3.05) is 25.6 Å². The van der Waals surface area contributed by atoms with Gasteiger partial charge in [-0.3, -0.25) is 4.79 Å². The summed E-state index contributed by atoms with van der Waals surface area (Å²) < 4.78 is 22.4. The highest BCUT2D eigenvalue weighted by Crippen LogP contribution is 2.32. The third-order valence-corrected chi connectivity index (χ3v) is 4.69. The Labute approximate surface area is 127 Å². The Bertz CT molecular complexity index is 441. The van der Waals surface area contributed by atoms with Gasteiger partial charge in [0.1, 0.15) is 9.84 Å². The predicted octanol–water partition coefficient (Wildman–Crippen LogP) is 1.36. The molecule has 2 N–H and O–H groups in total. The molecular formula is C13H26N2O3S2. The number of thiocarbonyl (C=S) groups is 1. The molecule has 0 saturated heterocycles. The van der Waals surface area contributed by atoms with E-state index in [0.29, 0.717) is 12.8 Å². The van der Waals surface area contributed by atoms with E-state index >= 15 is 0 Å². The monoisotopic (exact) mass is 322 g/mol. The molecule has 0 aliphatic carbocycles. The van der Waals surface area contributed by atoms with Crippen LogP contribution < -0.4 is 5.73 Å². The van der Waals surface area contributed by atoms with Crippen LogP contribution in [0.4, 0.5) is 0 Å². The molecule has 0 aliphatic rings. The van der Waals surface area contributed by atoms with Crippen molar-refractivity contribution in [3.05, 3.63) is 0 Å². The Balaban J connectivity index is 5.16. The van der Waals surface area contributed by atoms with Gasteiger partial charge >= 0.3 is 0 Å². The van der Waals surface area contributed by atoms with Gasteiger partial charge in [-0.15, -0.1) is 0 Å². The normalized spacial score (nSPS) is 12.2. The van der Waals surface area contributed by atoms with Crippen LogP contribution in [0.15, 0.2) is 0 Å². The highest BCUT2D eigenvalue weighted by atomic mass is 32.2. The molecule has 20 heavy (non-hydrogen) atoms. The van der Waals surface area contributed by atoms with Crippen LogP contribution in [0.5, 0.6) is 0 Å². The topological polar surface area (TPSA) is 80.5 Å². The quantitative estimate of drug-likeness (QED) is 0.648. The lowest BCUT2D eigenvalue weighted by atomic mass is 9.77. The van der Waals surface area contributed by atoms with Crippen LogP contribution in [-0.4, -0.2) is 49.8 Å². The van der Waals surface area contributed by atoms with Crippen LogP contribution >= 0.6 is 12.2 Å². The van der Waals surface area contributed by atoms with Gasteiger partial charge in [0.25, 0.3) is 0 Å². The molecule has 118 valence electrons. The van der Waals surface area contributed by atoms with E-state index in [1.54, 1.807) is 7.05 Å². The van der Waals surface area contributed by atoms with Gasteiger partial charge in [0.15, 0.2) is 0 Å². The third kappa shape index (κ3) is 5.36. The first-order valence-corrected chi connectivity index (χ1v) is 9.30. The van der Waals surface area contributed by atoms with E-state index in [0.717, 1.165) is 19.1 Å². The van der Waals surface area contributed by atoms with Crippen molar-refractivity contribution in [3.63, 3.8) is 0 Å². The predicted molar refractivity (Wildman–Crippen MR) is 86.4 cm³/mol. The molecule has 0 bridgehead atoms. The Morgan fingerprint density at radius 2 is 1.70 bits per heavy atom. The Hall–Kier alpha value is -0.690. The van der Waals surface area contributed by atoms with Gasteiger partial charge in [-0.25, -0.2) is 8.42 Å². The van der Waals surface area contributed by atoms with Crippen molar-refractivity contribution in [1.29, 1.82) is 0 Å². The van der Waals surface area contributed by atoms with E-state index < -0.39 is 15.3 Å². The average Bonchev–Trinajstić information content (AvgIpc) is 2.33. The molecule has 0 spiro atoms. The van der Waals surface area contributed by atoms with Crippen LogP contribution in [0.1, 0.15) is 39.5 Å². The third-order valence-electron chi connectivity index (χ3n) is 3.38. The maximum absolute atomic E-state index is 12.7. The van der Waals surface area contributed by atoms with Gasteiger partial charge in [-0.05, 0) is 12.8 Å². The fourth-order valence-corrected chi connectivity index (χ4v) is 3.21. The van der Waals surface area contributed by atoms with E-state index in [9.17, 15) is 13.2 Å². The smallest absolute Gasteiger partial charge is 0.235 e. The summed E-state index contributed by atoms with van der Waals surface area (Å²) in [6.45, 7) is 4.12. The number of nitrogens with two attached hydrogens (primary N) is 1. The number of carbonyl (C=O) groups is 1. The molecule has 0 aliphatic heterocycles. The van der Waals surface area contributed by atoms with Gasteiger partial charge in [0.2, 0.25) is 5.91 Å². The van der Waals surface area contributed by atoms with Crippen LogP contribution in [0, 0.1) is 5.41 Å². The minimum absolute atomic E-state index is 0.0547. The molecule has 0 rings (SSSR count). The van der Waals surface area contributed by atoms with E-state index in [1.807, 2.05) is 13.8 Å². The first-order valence-electron chi connectivity index (χ1n) is 6.84. The van der Waals surface area contributed by atoms with Gasteiger partial charge in [-0.2, -0.15) is 0 Å². The number of hydrogen-bond acceptors (Lipinski definition) is 4. The van der Waals surface area contributed by atoms with E-state index in [1.165, 1.54) is 4.90 Å². The van der Waals surface area contributed by atoms with E-state index in [2.05, 4.69) is 0 Å². The fourth-order valence-electron chi connectivity index (χ4n) is 2.31. The molecule has 0 heterocycles. The molecule has 0 unspecified atom stereocenters.